The molecule has 0 saturated carbocycles. The Morgan fingerprint density at radius 2 is 1.34 bits per heavy atom. The van der Waals surface area contributed by atoms with E-state index in [0.717, 1.165) is 30.6 Å². The fourth-order valence-electron chi connectivity index (χ4n) is 9.44. The second-order valence-corrected chi connectivity index (χ2v) is 16.5. The first kappa shape index (κ1) is 36.6. The van der Waals surface area contributed by atoms with Crippen molar-refractivity contribution >= 4 is 42.9 Å². The predicted octanol–water partition coefficient (Wildman–Crippen LogP) is 15.7. The number of fused-ring (bicyclic) bond motifs is 6. The van der Waals surface area contributed by atoms with Crippen LogP contribution in [0.2, 0.25) is 0 Å². The number of allylic oxidation sites excluding steroid dienone is 15. The van der Waals surface area contributed by atoms with Crippen molar-refractivity contribution in [3.05, 3.63) is 263 Å². The van der Waals surface area contributed by atoms with Crippen molar-refractivity contribution in [2.75, 3.05) is 4.90 Å². The highest BCUT2D eigenvalue weighted by molar-refractivity contribution is 7.26. The van der Waals surface area contributed by atoms with Gasteiger partial charge in [-0.2, -0.15) is 0 Å². The maximum atomic E-state index is 2.51. The van der Waals surface area contributed by atoms with Gasteiger partial charge in [-0.05, 0) is 113 Å². The smallest absolute Gasteiger partial charge is 0.0714 e. The fourth-order valence-corrected chi connectivity index (χ4v) is 10.6. The Labute approximate surface area is 352 Å². The SMILES string of the molecule is C/C=C(\C=C/CC(/C=C1/C=CC=CC1)=C1\C=CC=CC1)N(c1ccc2c(c1)C(c1ccccc1)(c1ccccc1)c1ccccc1-2)c1cccc2sc3ccccc3c12. The lowest BCUT2D eigenvalue weighted by molar-refractivity contribution is 0.768. The topological polar surface area (TPSA) is 3.24 Å². The van der Waals surface area contributed by atoms with E-state index in [1.807, 2.05) is 11.3 Å². The third kappa shape index (κ3) is 6.51. The molecule has 0 amide bonds. The van der Waals surface area contributed by atoms with Crippen molar-refractivity contribution in [3.8, 4) is 11.1 Å². The van der Waals surface area contributed by atoms with Crippen molar-refractivity contribution < 1.29 is 0 Å². The molecule has 0 radical (unpaired) electrons. The van der Waals surface area contributed by atoms with Gasteiger partial charge in [0.2, 0.25) is 0 Å². The van der Waals surface area contributed by atoms with Gasteiger partial charge in [0.05, 0.1) is 11.1 Å². The molecule has 0 fully saturated rings. The third-order valence-electron chi connectivity index (χ3n) is 12.1. The van der Waals surface area contributed by atoms with Gasteiger partial charge < -0.3 is 4.90 Å². The first-order valence-corrected chi connectivity index (χ1v) is 21.5. The highest BCUT2D eigenvalue weighted by Gasteiger charge is 2.46. The Morgan fingerprint density at radius 1 is 0.644 bits per heavy atom. The molecule has 3 aliphatic rings. The van der Waals surface area contributed by atoms with Crippen LogP contribution in [0, 0.1) is 0 Å². The minimum atomic E-state index is -0.498. The lowest BCUT2D eigenvalue weighted by Crippen LogP contribution is -2.28. The van der Waals surface area contributed by atoms with Gasteiger partial charge in [0.1, 0.15) is 0 Å². The van der Waals surface area contributed by atoms with E-state index >= 15 is 0 Å². The monoisotopic (exact) mass is 775 g/mol. The van der Waals surface area contributed by atoms with Gasteiger partial charge in [-0.3, -0.25) is 0 Å². The zero-order chi connectivity index (χ0) is 39.6. The third-order valence-corrected chi connectivity index (χ3v) is 13.2. The Morgan fingerprint density at radius 3 is 2.08 bits per heavy atom. The van der Waals surface area contributed by atoms with Crippen molar-refractivity contribution in [2.24, 2.45) is 0 Å². The molecule has 3 aliphatic carbocycles. The molecule has 0 N–H and O–H groups in total. The van der Waals surface area contributed by atoms with E-state index in [1.54, 1.807) is 0 Å². The van der Waals surface area contributed by atoms with Crippen LogP contribution in [0.3, 0.4) is 0 Å². The predicted molar refractivity (Wildman–Crippen MR) is 254 cm³/mol. The lowest BCUT2D eigenvalue weighted by Gasteiger charge is -2.35. The molecule has 0 spiro atoms. The van der Waals surface area contributed by atoms with Crippen LogP contribution in [0.1, 0.15) is 48.4 Å². The van der Waals surface area contributed by atoms with E-state index in [-0.39, 0.29) is 0 Å². The molecular formula is C57H45NS. The van der Waals surface area contributed by atoms with Gasteiger partial charge in [-0.15, -0.1) is 11.3 Å². The summed E-state index contributed by atoms with van der Waals surface area (Å²) >= 11 is 1.87. The number of thiophene rings is 1. The van der Waals surface area contributed by atoms with Crippen molar-refractivity contribution in [1.29, 1.82) is 0 Å². The van der Waals surface area contributed by atoms with Crippen LogP contribution in [0.25, 0.3) is 31.3 Å². The van der Waals surface area contributed by atoms with Crippen LogP contribution in [-0.2, 0) is 5.41 Å². The second kappa shape index (κ2) is 15.9. The summed E-state index contributed by atoms with van der Waals surface area (Å²) in [7, 11) is 0. The largest absolute Gasteiger partial charge is 0.310 e. The van der Waals surface area contributed by atoms with E-state index in [2.05, 4.69) is 230 Å². The summed E-state index contributed by atoms with van der Waals surface area (Å²) in [5.74, 6) is 0. The minimum Gasteiger partial charge on any atom is -0.310 e. The summed E-state index contributed by atoms with van der Waals surface area (Å²) < 4.78 is 2.59. The van der Waals surface area contributed by atoms with Crippen LogP contribution in [0.15, 0.2) is 241 Å². The first-order chi connectivity index (χ1) is 29.2. The molecule has 59 heavy (non-hydrogen) atoms. The van der Waals surface area contributed by atoms with Crippen LogP contribution < -0.4 is 4.90 Å². The van der Waals surface area contributed by atoms with Crippen molar-refractivity contribution in [2.45, 2.75) is 31.6 Å². The van der Waals surface area contributed by atoms with Crippen LogP contribution >= 0.6 is 11.3 Å². The van der Waals surface area contributed by atoms with Gasteiger partial charge in [-0.25, -0.2) is 0 Å². The Hall–Kier alpha value is -6.74. The van der Waals surface area contributed by atoms with Crippen molar-refractivity contribution in [1.82, 2.24) is 0 Å². The maximum absolute atomic E-state index is 2.51. The number of anilines is 2. The van der Waals surface area contributed by atoms with E-state index in [0.29, 0.717) is 0 Å². The molecule has 10 rings (SSSR count). The molecule has 1 aromatic heterocycles. The van der Waals surface area contributed by atoms with E-state index in [4.69, 9.17) is 0 Å². The Kier molecular flexibility index (Phi) is 9.86. The summed E-state index contributed by atoms with van der Waals surface area (Å²) in [6, 6.07) is 54.1. The molecule has 0 unspecified atom stereocenters. The molecule has 0 saturated heterocycles. The highest BCUT2D eigenvalue weighted by atomic mass is 32.1. The van der Waals surface area contributed by atoms with E-state index in [9.17, 15) is 0 Å². The van der Waals surface area contributed by atoms with Gasteiger partial charge in [0.25, 0.3) is 0 Å². The van der Waals surface area contributed by atoms with Crippen molar-refractivity contribution in [3.63, 3.8) is 0 Å². The molecule has 0 atom stereocenters. The normalized spacial score (nSPS) is 17.0. The van der Waals surface area contributed by atoms with Crippen LogP contribution in [0.5, 0.6) is 0 Å². The summed E-state index contributed by atoms with van der Waals surface area (Å²) in [4.78, 5) is 2.51. The summed E-state index contributed by atoms with van der Waals surface area (Å²) in [6.45, 7) is 2.18. The molecule has 2 heteroatoms. The fraction of sp³-hybridized carbons (Fsp3) is 0.0877. The van der Waals surface area contributed by atoms with Gasteiger partial charge >= 0.3 is 0 Å². The second-order valence-electron chi connectivity index (χ2n) is 15.4. The van der Waals surface area contributed by atoms with E-state index < -0.39 is 5.41 Å². The van der Waals surface area contributed by atoms with Gasteiger partial charge in [-0.1, -0.05) is 182 Å². The number of benzene rings is 6. The molecular weight excluding hydrogens is 731 g/mol. The molecule has 1 nitrogen and oxygen atoms in total. The molecule has 0 bridgehead atoms. The molecule has 0 aliphatic heterocycles. The van der Waals surface area contributed by atoms with Gasteiger partial charge in [0, 0.05) is 31.6 Å². The number of hydrogen-bond acceptors (Lipinski definition) is 2. The Bertz CT molecular complexity index is 2920. The lowest BCUT2D eigenvalue weighted by atomic mass is 9.67. The zero-order valence-electron chi connectivity index (χ0n) is 33.3. The molecule has 1 heterocycles. The first-order valence-electron chi connectivity index (χ1n) is 20.7. The average Bonchev–Trinajstić information content (AvgIpc) is 3.84. The molecule has 7 aromatic rings. The summed E-state index contributed by atoms with van der Waals surface area (Å²) in [5.41, 5.74) is 14.7. The highest BCUT2D eigenvalue weighted by Crippen LogP contribution is 2.57. The zero-order valence-corrected chi connectivity index (χ0v) is 34.1. The Balaban J connectivity index is 1.17. The van der Waals surface area contributed by atoms with Crippen LogP contribution in [-0.4, -0.2) is 0 Å². The molecule has 284 valence electrons. The summed E-state index contributed by atoms with van der Waals surface area (Å²) in [6.07, 6.45) is 29.7. The standard InChI is InChI=1S/C57H45NS/c1-2-46(30-19-25-43(42-23-9-4-10-24-42)39-41-21-7-3-8-22-41)58(53-34-20-36-55-56(53)50-32-16-18-35-54(50)59-55)47-37-38-49-48-31-15-17-33-51(48)57(52(49)40-47,44-26-11-5-12-27-44)45-28-13-6-14-29-45/h2-21,23,26-40H,22,24-25H2,1H3/b30-19-,41-39-,43-42-,46-2+. The maximum Gasteiger partial charge on any atom is 0.0714 e. The molecule has 6 aromatic carbocycles. The summed E-state index contributed by atoms with van der Waals surface area (Å²) in [5, 5.41) is 2.57. The minimum absolute atomic E-state index is 0.498. The number of nitrogens with zero attached hydrogens (tertiary/aromatic N) is 1. The van der Waals surface area contributed by atoms with Crippen LogP contribution in [0.4, 0.5) is 11.4 Å². The number of rotatable bonds is 9. The quantitative estimate of drug-likeness (QED) is 0.132. The van der Waals surface area contributed by atoms with E-state index in [1.165, 1.54) is 76.0 Å². The van der Waals surface area contributed by atoms with Gasteiger partial charge in [0.15, 0.2) is 0 Å². The number of hydrogen-bond donors (Lipinski definition) is 0. The average molecular weight is 776 g/mol.